The smallest absolute Gasteiger partial charge is 0.416 e. The molecule has 0 heterocycles. The van der Waals surface area contributed by atoms with Crippen LogP contribution in [-0.4, -0.2) is 18.9 Å². The number of benzene rings is 2. The van der Waals surface area contributed by atoms with Crippen molar-refractivity contribution in [2.24, 2.45) is 0 Å². The van der Waals surface area contributed by atoms with Crippen LogP contribution in [0.5, 0.6) is 5.75 Å². The number of anilines is 1. The molecule has 144 valence electrons. The Labute approximate surface area is 154 Å². The predicted molar refractivity (Wildman–Crippen MR) is 94.5 cm³/mol. The third kappa shape index (κ3) is 5.47. The number of methoxy groups -OCH3 is 1. The maximum atomic E-state index is 13.2. The van der Waals surface area contributed by atoms with E-state index in [9.17, 15) is 22.8 Å². The van der Waals surface area contributed by atoms with E-state index in [1.807, 2.05) is 0 Å². The summed E-state index contributed by atoms with van der Waals surface area (Å²) in [6, 6.07) is 9.72. The van der Waals surface area contributed by atoms with Crippen molar-refractivity contribution in [1.29, 1.82) is 0 Å². The number of amides is 2. The number of hydrogen-bond donors (Lipinski definition) is 2. The van der Waals surface area contributed by atoms with Crippen LogP contribution in [0.4, 0.5) is 18.9 Å². The highest BCUT2D eigenvalue weighted by molar-refractivity contribution is 5.97. The fourth-order valence-corrected chi connectivity index (χ4v) is 2.37. The molecule has 0 unspecified atom stereocenters. The van der Waals surface area contributed by atoms with Gasteiger partial charge in [0.25, 0.3) is 5.91 Å². The first-order valence-electron chi connectivity index (χ1n) is 8.16. The van der Waals surface area contributed by atoms with Gasteiger partial charge in [-0.25, -0.2) is 0 Å². The molecule has 2 amide bonds. The van der Waals surface area contributed by atoms with Crippen LogP contribution in [0.2, 0.25) is 0 Å². The second kappa shape index (κ2) is 8.57. The minimum atomic E-state index is -4.57. The lowest BCUT2D eigenvalue weighted by atomic mass is 10.1. The summed E-state index contributed by atoms with van der Waals surface area (Å²) in [6.07, 6.45) is -4.28. The molecule has 2 aromatic rings. The van der Waals surface area contributed by atoms with E-state index in [0.29, 0.717) is 5.69 Å². The summed E-state index contributed by atoms with van der Waals surface area (Å²) in [5, 5.41) is 5.09. The Bertz CT molecular complexity index is 835. The molecule has 0 aromatic heterocycles. The number of ether oxygens (including phenoxy) is 1. The molecule has 0 radical (unpaired) electrons. The van der Waals surface area contributed by atoms with Gasteiger partial charge in [-0.2, -0.15) is 13.2 Å². The monoisotopic (exact) mass is 380 g/mol. The summed E-state index contributed by atoms with van der Waals surface area (Å²) in [5.74, 6) is -0.677. The first-order valence-corrected chi connectivity index (χ1v) is 8.16. The molecule has 0 spiro atoms. The van der Waals surface area contributed by atoms with Crippen LogP contribution in [0.1, 0.15) is 34.8 Å². The predicted octanol–water partition coefficient (Wildman–Crippen LogP) is 3.99. The van der Waals surface area contributed by atoms with Crippen LogP contribution in [0.25, 0.3) is 0 Å². The highest BCUT2D eigenvalue weighted by Crippen LogP contribution is 2.34. The Hall–Kier alpha value is -3.03. The molecular formula is C19H19F3N2O3. The minimum absolute atomic E-state index is 0.0768. The van der Waals surface area contributed by atoms with Gasteiger partial charge in [0.2, 0.25) is 5.91 Å². The minimum Gasteiger partial charge on any atom is -0.497 e. The number of carbonyl (C=O) groups is 2. The molecule has 27 heavy (non-hydrogen) atoms. The SMILES string of the molecule is CCC(=O)Nc1cccc(C(=O)NCc2ccc(OC)cc2C(F)(F)F)c1. The zero-order chi connectivity index (χ0) is 20.0. The van der Waals surface area contributed by atoms with E-state index in [1.165, 1.54) is 31.4 Å². The van der Waals surface area contributed by atoms with Crippen LogP contribution < -0.4 is 15.4 Å². The maximum absolute atomic E-state index is 13.2. The first kappa shape index (κ1) is 20.3. The van der Waals surface area contributed by atoms with Crippen molar-refractivity contribution in [2.75, 3.05) is 12.4 Å². The van der Waals surface area contributed by atoms with Crippen molar-refractivity contribution >= 4 is 17.5 Å². The lowest BCUT2D eigenvalue weighted by Crippen LogP contribution is -2.24. The maximum Gasteiger partial charge on any atom is 0.416 e. The zero-order valence-electron chi connectivity index (χ0n) is 14.8. The Kier molecular flexibility index (Phi) is 6.44. The van der Waals surface area contributed by atoms with Crippen molar-refractivity contribution in [3.8, 4) is 5.75 Å². The molecule has 2 N–H and O–H groups in total. The lowest BCUT2D eigenvalue weighted by molar-refractivity contribution is -0.138. The second-order valence-electron chi connectivity index (χ2n) is 5.69. The molecule has 0 aliphatic heterocycles. The third-order valence-corrected chi connectivity index (χ3v) is 3.79. The van der Waals surface area contributed by atoms with Crippen molar-refractivity contribution in [1.82, 2.24) is 5.32 Å². The molecule has 0 fully saturated rings. The summed E-state index contributed by atoms with van der Waals surface area (Å²) < 4.78 is 44.5. The van der Waals surface area contributed by atoms with Gasteiger partial charge >= 0.3 is 6.18 Å². The first-order chi connectivity index (χ1) is 12.7. The van der Waals surface area contributed by atoms with E-state index >= 15 is 0 Å². The summed E-state index contributed by atoms with van der Waals surface area (Å²) >= 11 is 0. The third-order valence-electron chi connectivity index (χ3n) is 3.79. The highest BCUT2D eigenvalue weighted by atomic mass is 19.4. The fourth-order valence-electron chi connectivity index (χ4n) is 2.37. The van der Waals surface area contributed by atoms with Gasteiger partial charge in [0, 0.05) is 24.2 Å². The number of hydrogen-bond acceptors (Lipinski definition) is 3. The van der Waals surface area contributed by atoms with Crippen LogP contribution in [0.15, 0.2) is 42.5 Å². The van der Waals surface area contributed by atoms with Gasteiger partial charge in [-0.15, -0.1) is 0 Å². The average molecular weight is 380 g/mol. The number of alkyl halides is 3. The number of nitrogens with one attached hydrogen (secondary N) is 2. The summed E-state index contributed by atoms with van der Waals surface area (Å²) in [7, 11) is 1.28. The Morgan fingerprint density at radius 3 is 2.48 bits per heavy atom. The molecule has 2 rings (SSSR count). The van der Waals surface area contributed by atoms with Gasteiger partial charge in [-0.1, -0.05) is 19.1 Å². The molecule has 0 aliphatic rings. The van der Waals surface area contributed by atoms with E-state index in [2.05, 4.69) is 10.6 Å². The molecule has 0 bridgehead atoms. The van der Waals surface area contributed by atoms with Crippen molar-refractivity contribution in [3.05, 3.63) is 59.2 Å². The quantitative estimate of drug-likeness (QED) is 0.796. The van der Waals surface area contributed by atoms with Crippen molar-refractivity contribution in [2.45, 2.75) is 26.1 Å². The molecule has 2 aromatic carbocycles. The van der Waals surface area contributed by atoms with Gasteiger partial charge in [0.05, 0.1) is 12.7 Å². The van der Waals surface area contributed by atoms with E-state index in [0.717, 1.165) is 6.07 Å². The van der Waals surface area contributed by atoms with Gasteiger partial charge in [0.15, 0.2) is 0 Å². The van der Waals surface area contributed by atoms with Gasteiger partial charge in [-0.05, 0) is 35.9 Å². The summed E-state index contributed by atoms with van der Waals surface area (Å²) in [4.78, 5) is 23.7. The average Bonchev–Trinajstić information content (AvgIpc) is 2.65. The molecule has 0 saturated heterocycles. The number of carbonyl (C=O) groups excluding carboxylic acids is 2. The Balaban J connectivity index is 2.14. The fraction of sp³-hybridized carbons (Fsp3) is 0.263. The van der Waals surface area contributed by atoms with Crippen LogP contribution in [0.3, 0.4) is 0 Å². The van der Waals surface area contributed by atoms with E-state index in [1.54, 1.807) is 19.1 Å². The molecule has 0 saturated carbocycles. The number of halogens is 3. The van der Waals surface area contributed by atoms with E-state index in [4.69, 9.17) is 4.74 Å². The van der Waals surface area contributed by atoms with Gasteiger partial charge in [-0.3, -0.25) is 9.59 Å². The van der Waals surface area contributed by atoms with Crippen molar-refractivity contribution in [3.63, 3.8) is 0 Å². The zero-order valence-corrected chi connectivity index (χ0v) is 14.8. The Morgan fingerprint density at radius 2 is 1.85 bits per heavy atom. The highest BCUT2D eigenvalue weighted by Gasteiger charge is 2.33. The van der Waals surface area contributed by atoms with Crippen LogP contribution in [-0.2, 0) is 17.5 Å². The second-order valence-corrected chi connectivity index (χ2v) is 5.69. The van der Waals surface area contributed by atoms with Gasteiger partial charge < -0.3 is 15.4 Å². The Morgan fingerprint density at radius 1 is 1.11 bits per heavy atom. The number of rotatable bonds is 6. The molecule has 8 heteroatoms. The largest absolute Gasteiger partial charge is 0.497 e. The summed E-state index contributed by atoms with van der Waals surface area (Å²) in [6.45, 7) is 1.39. The molecule has 0 aliphatic carbocycles. The van der Waals surface area contributed by atoms with E-state index in [-0.39, 0.29) is 35.7 Å². The molecule has 5 nitrogen and oxygen atoms in total. The van der Waals surface area contributed by atoms with E-state index < -0.39 is 17.6 Å². The lowest BCUT2D eigenvalue weighted by Gasteiger charge is -2.15. The summed E-state index contributed by atoms with van der Waals surface area (Å²) in [5.41, 5.74) is -0.279. The van der Waals surface area contributed by atoms with Gasteiger partial charge in [0.1, 0.15) is 5.75 Å². The topological polar surface area (TPSA) is 67.4 Å². The normalized spacial score (nSPS) is 11.0. The van der Waals surface area contributed by atoms with Crippen molar-refractivity contribution < 1.29 is 27.5 Å². The van der Waals surface area contributed by atoms with Crippen LogP contribution >= 0.6 is 0 Å². The molecular weight excluding hydrogens is 361 g/mol. The standard InChI is InChI=1S/C19H19F3N2O3/c1-3-17(25)24-14-6-4-5-12(9-14)18(26)23-11-13-7-8-15(27-2)10-16(13)19(20,21)22/h4-10H,3,11H2,1-2H3,(H,23,26)(H,24,25). The van der Waals surface area contributed by atoms with Crippen LogP contribution in [0, 0.1) is 0 Å². The molecule has 0 atom stereocenters.